The fourth-order valence-electron chi connectivity index (χ4n) is 3.56. The second kappa shape index (κ2) is 11.3. The van der Waals surface area contributed by atoms with Crippen LogP contribution in [0.3, 0.4) is 0 Å². The van der Waals surface area contributed by atoms with Crippen LogP contribution in [0.1, 0.15) is 23.5 Å². The largest absolute Gasteiger partial charge is 0.483 e. The Morgan fingerprint density at radius 1 is 1.09 bits per heavy atom. The molecule has 7 heteroatoms. The fraction of sp³-hybridized carbons (Fsp3) is 0.185. The normalized spacial score (nSPS) is 11.9. The van der Waals surface area contributed by atoms with Gasteiger partial charge in [0, 0.05) is 34.4 Å². The van der Waals surface area contributed by atoms with Gasteiger partial charge in [0.2, 0.25) is 0 Å². The number of benzene rings is 3. The molecule has 0 radical (unpaired) electrons. The van der Waals surface area contributed by atoms with Gasteiger partial charge in [0.1, 0.15) is 10.8 Å². The van der Waals surface area contributed by atoms with Crippen molar-refractivity contribution in [3.05, 3.63) is 100.0 Å². The number of anilines is 1. The van der Waals surface area contributed by atoms with Gasteiger partial charge in [0.25, 0.3) is 5.91 Å². The highest BCUT2D eigenvalue weighted by Gasteiger charge is 2.17. The van der Waals surface area contributed by atoms with Gasteiger partial charge in [-0.05, 0) is 61.5 Å². The number of carbonyl (C=O) groups excluding carboxylic acids is 1. The zero-order valence-corrected chi connectivity index (χ0v) is 20.6. The van der Waals surface area contributed by atoms with Gasteiger partial charge in [-0.25, -0.2) is 4.98 Å². The molecule has 1 unspecified atom stereocenters. The van der Waals surface area contributed by atoms with Crippen molar-refractivity contribution in [1.29, 1.82) is 0 Å². The van der Waals surface area contributed by atoms with Gasteiger partial charge in [-0.2, -0.15) is 0 Å². The van der Waals surface area contributed by atoms with E-state index >= 15 is 0 Å². The highest BCUT2D eigenvalue weighted by atomic mass is 35.5. The summed E-state index contributed by atoms with van der Waals surface area (Å²) in [5.74, 6) is 0.453. The van der Waals surface area contributed by atoms with E-state index in [2.05, 4.69) is 47.4 Å². The van der Waals surface area contributed by atoms with E-state index in [0.717, 1.165) is 21.7 Å². The molecule has 3 aromatic carbocycles. The molecular formula is C27H26ClN3O2S. The van der Waals surface area contributed by atoms with E-state index < -0.39 is 0 Å². The van der Waals surface area contributed by atoms with Crippen molar-refractivity contribution >= 4 is 34.5 Å². The molecule has 5 nitrogen and oxygen atoms in total. The number of hydrogen-bond donors (Lipinski definition) is 1. The summed E-state index contributed by atoms with van der Waals surface area (Å²) in [6, 6.07) is 23.5. The lowest BCUT2D eigenvalue weighted by Crippen LogP contribution is -2.23. The van der Waals surface area contributed by atoms with E-state index in [0.29, 0.717) is 23.0 Å². The van der Waals surface area contributed by atoms with Crippen molar-refractivity contribution < 1.29 is 9.53 Å². The van der Waals surface area contributed by atoms with E-state index in [1.165, 1.54) is 0 Å². The smallest absolute Gasteiger partial charge is 0.262 e. The zero-order valence-electron chi connectivity index (χ0n) is 19.1. The highest BCUT2D eigenvalue weighted by Crippen LogP contribution is 2.30. The number of aromatic nitrogens is 1. The summed E-state index contributed by atoms with van der Waals surface area (Å²) < 4.78 is 5.98. The lowest BCUT2D eigenvalue weighted by Gasteiger charge is -2.24. The van der Waals surface area contributed by atoms with Crippen LogP contribution >= 0.6 is 22.9 Å². The molecule has 1 atom stereocenters. The SMILES string of the molecule is CC(c1nccs1)N(C)Cc1cc(-c2ccccc2)ccc1OCC(=O)Nc1ccc(Cl)cc1. The van der Waals surface area contributed by atoms with Gasteiger partial charge in [-0.3, -0.25) is 9.69 Å². The number of nitrogens with zero attached hydrogens (tertiary/aromatic N) is 2. The van der Waals surface area contributed by atoms with Crippen LogP contribution < -0.4 is 10.1 Å². The molecule has 0 aliphatic rings. The van der Waals surface area contributed by atoms with Gasteiger partial charge in [-0.15, -0.1) is 11.3 Å². The molecule has 0 bridgehead atoms. The molecule has 0 saturated carbocycles. The molecule has 0 spiro atoms. The second-order valence-electron chi connectivity index (χ2n) is 7.99. The van der Waals surface area contributed by atoms with Crippen LogP contribution in [0.4, 0.5) is 5.69 Å². The molecule has 1 heterocycles. The van der Waals surface area contributed by atoms with Crippen LogP contribution in [0.15, 0.2) is 84.4 Å². The summed E-state index contributed by atoms with van der Waals surface area (Å²) >= 11 is 7.56. The first kappa shape index (κ1) is 24.0. The maximum absolute atomic E-state index is 12.5. The van der Waals surface area contributed by atoms with Gasteiger partial charge in [-0.1, -0.05) is 48.0 Å². The number of thiazole rings is 1. The van der Waals surface area contributed by atoms with Crippen LogP contribution in [-0.2, 0) is 11.3 Å². The van der Waals surface area contributed by atoms with E-state index in [9.17, 15) is 4.79 Å². The number of hydrogen-bond acceptors (Lipinski definition) is 5. The van der Waals surface area contributed by atoms with Crippen LogP contribution in [0.25, 0.3) is 11.1 Å². The van der Waals surface area contributed by atoms with E-state index in [1.54, 1.807) is 35.6 Å². The van der Waals surface area contributed by atoms with Crippen molar-refractivity contribution in [2.24, 2.45) is 0 Å². The highest BCUT2D eigenvalue weighted by molar-refractivity contribution is 7.09. The van der Waals surface area contributed by atoms with E-state index in [4.69, 9.17) is 16.3 Å². The average molecular weight is 492 g/mol. The van der Waals surface area contributed by atoms with E-state index in [-0.39, 0.29) is 18.6 Å². The summed E-state index contributed by atoms with van der Waals surface area (Å²) in [5, 5.41) is 6.50. The first-order valence-electron chi connectivity index (χ1n) is 11.0. The molecule has 1 N–H and O–H groups in total. The van der Waals surface area contributed by atoms with Crippen molar-refractivity contribution in [2.45, 2.75) is 19.5 Å². The number of amides is 1. The minimum Gasteiger partial charge on any atom is -0.483 e. The Labute approximate surface area is 209 Å². The van der Waals surface area contributed by atoms with Crippen LogP contribution in [0.5, 0.6) is 5.75 Å². The summed E-state index contributed by atoms with van der Waals surface area (Å²) in [5.41, 5.74) is 3.91. The summed E-state index contributed by atoms with van der Waals surface area (Å²) in [7, 11) is 2.07. The molecule has 0 aliphatic heterocycles. The maximum Gasteiger partial charge on any atom is 0.262 e. The molecule has 4 aromatic rings. The Morgan fingerprint density at radius 3 is 2.56 bits per heavy atom. The molecule has 4 rings (SSSR count). The first-order chi connectivity index (χ1) is 16.5. The average Bonchev–Trinajstić information content (AvgIpc) is 3.40. The maximum atomic E-state index is 12.5. The predicted molar refractivity (Wildman–Crippen MR) is 139 cm³/mol. The summed E-state index contributed by atoms with van der Waals surface area (Å²) in [4.78, 5) is 19.2. The standard InChI is InChI=1S/C27H26ClN3O2S/c1-19(27-29-14-15-34-27)31(2)17-22-16-21(20-6-4-3-5-7-20)8-13-25(22)33-18-26(32)30-24-11-9-23(28)10-12-24/h3-16,19H,17-18H2,1-2H3,(H,30,32). The number of carbonyl (C=O) groups is 1. The van der Waals surface area contributed by atoms with Crippen LogP contribution in [0.2, 0.25) is 5.02 Å². The van der Waals surface area contributed by atoms with Gasteiger partial charge in [0.15, 0.2) is 6.61 Å². The Kier molecular flexibility index (Phi) is 7.95. The van der Waals surface area contributed by atoms with Crippen molar-refractivity contribution in [3.63, 3.8) is 0 Å². The Hall–Kier alpha value is -3.19. The number of ether oxygens (including phenoxy) is 1. The minimum atomic E-state index is -0.232. The van der Waals surface area contributed by atoms with Crippen molar-refractivity contribution in [1.82, 2.24) is 9.88 Å². The third-order valence-electron chi connectivity index (χ3n) is 5.54. The van der Waals surface area contributed by atoms with Gasteiger partial charge < -0.3 is 10.1 Å². The monoisotopic (exact) mass is 491 g/mol. The van der Waals surface area contributed by atoms with Gasteiger partial charge in [0.05, 0.1) is 6.04 Å². The van der Waals surface area contributed by atoms with E-state index in [1.807, 2.05) is 41.9 Å². The third-order valence-corrected chi connectivity index (χ3v) is 6.74. The second-order valence-corrected chi connectivity index (χ2v) is 9.36. The summed E-state index contributed by atoms with van der Waals surface area (Å²) in [6.45, 7) is 2.70. The fourth-order valence-corrected chi connectivity index (χ4v) is 4.45. The lowest BCUT2D eigenvalue weighted by molar-refractivity contribution is -0.118. The first-order valence-corrected chi connectivity index (χ1v) is 12.2. The van der Waals surface area contributed by atoms with Crippen molar-refractivity contribution in [2.75, 3.05) is 19.0 Å². The molecule has 0 saturated heterocycles. The Balaban J connectivity index is 1.51. The molecular weight excluding hydrogens is 466 g/mol. The molecule has 1 amide bonds. The minimum absolute atomic E-state index is 0.0912. The number of halogens is 1. The van der Waals surface area contributed by atoms with Crippen LogP contribution in [0, 0.1) is 0 Å². The molecule has 0 fully saturated rings. The molecule has 1 aromatic heterocycles. The van der Waals surface area contributed by atoms with Crippen molar-refractivity contribution in [3.8, 4) is 16.9 Å². The number of nitrogens with one attached hydrogen (secondary N) is 1. The van der Waals surface area contributed by atoms with Crippen LogP contribution in [-0.4, -0.2) is 29.4 Å². The topological polar surface area (TPSA) is 54.5 Å². The predicted octanol–water partition coefficient (Wildman–Crippen LogP) is 6.67. The quantitative estimate of drug-likeness (QED) is 0.284. The molecule has 174 valence electrons. The number of rotatable bonds is 9. The zero-order chi connectivity index (χ0) is 23.9. The van der Waals surface area contributed by atoms with Gasteiger partial charge >= 0.3 is 0 Å². The Bertz CT molecular complexity index is 1210. The molecule has 34 heavy (non-hydrogen) atoms. The Morgan fingerprint density at radius 2 is 1.85 bits per heavy atom. The third kappa shape index (κ3) is 6.23. The summed E-state index contributed by atoms with van der Waals surface area (Å²) in [6.07, 6.45) is 1.83. The molecule has 0 aliphatic carbocycles. The lowest BCUT2D eigenvalue weighted by atomic mass is 10.0.